The molecule has 8 nitrogen and oxygen atoms in total. The van der Waals surface area contributed by atoms with Gasteiger partial charge in [0.15, 0.2) is 0 Å². The Hall–Kier alpha value is -2.92. The largest absolute Gasteiger partial charge is 0.492 e. The highest BCUT2D eigenvalue weighted by Gasteiger charge is 2.37. The summed E-state index contributed by atoms with van der Waals surface area (Å²) in [5, 5.41) is 5.19. The van der Waals surface area contributed by atoms with Gasteiger partial charge in [-0.05, 0) is 193 Å². The molecule has 4 aliphatic rings. The number of carbonyl (C=O) groups is 1. The molecule has 2 fully saturated rings. The Morgan fingerprint density at radius 2 is 1.11 bits per heavy atom. The maximum atomic E-state index is 11.9. The Morgan fingerprint density at radius 1 is 0.656 bits per heavy atom. The second-order valence-electron chi connectivity index (χ2n) is 18.5. The summed E-state index contributed by atoms with van der Waals surface area (Å²) in [6.45, 7) is 12.1. The molecule has 348 valence electrons. The summed E-state index contributed by atoms with van der Waals surface area (Å²) in [7, 11) is 0. The fourth-order valence-electron chi connectivity index (χ4n) is 10.1. The molecule has 0 spiro atoms. The first-order valence-electron chi connectivity index (χ1n) is 22.9. The number of carbonyl (C=O) groups excluding carboxylic acids is 1. The van der Waals surface area contributed by atoms with Crippen LogP contribution in [-0.4, -0.2) is 86.1 Å². The number of nitrogens with one attached hydrogen (secondary N) is 1. The molecule has 2 aliphatic heterocycles. The van der Waals surface area contributed by atoms with Crippen molar-refractivity contribution in [3.8, 4) is 11.5 Å². The standard InChI is InChI=1S/C28H36Cl2N2O3.C23H28Cl2N2O.ClH/c1-28(2,3)35-27(33)31-12-15-34-21-9-7-20-8-11-26(32-13-4-5-14-32)23(22(20)18-21)16-19-6-10-24(29)25(30)17-19;24-21-7-3-16(14-22(21)25)13-20-19-15-18(28-12-9-26)6-4-17(19)5-8-23(20)27-10-1-2-11-27;/h6-7,9-10,17-18,23,26H,4-5,8,11-16H2,1-3H3,(H,31,33);3-4,6-7,14-15,20,23H,1-2,5,8-13,26H2;1H. The molecule has 13 heteroatoms. The summed E-state index contributed by atoms with van der Waals surface area (Å²) in [5.41, 5.74) is 13.2. The van der Waals surface area contributed by atoms with Gasteiger partial charge in [-0.2, -0.15) is 0 Å². The third-order valence-electron chi connectivity index (χ3n) is 12.9. The van der Waals surface area contributed by atoms with Gasteiger partial charge < -0.3 is 25.3 Å². The van der Waals surface area contributed by atoms with Crippen molar-refractivity contribution in [3.05, 3.63) is 126 Å². The van der Waals surface area contributed by atoms with E-state index in [2.05, 4.69) is 57.6 Å². The molecule has 2 aliphatic carbocycles. The Balaban J connectivity index is 0.000000214. The van der Waals surface area contributed by atoms with E-state index < -0.39 is 11.7 Å². The van der Waals surface area contributed by atoms with E-state index in [9.17, 15) is 4.79 Å². The first kappa shape index (κ1) is 50.5. The predicted octanol–water partition coefficient (Wildman–Crippen LogP) is 12.1. The second kappa shape index (κ2) is 23.7. The van der Waals surface area contributed by atoms with Crippen molar-refractivity contribution >= 4 is 64.9 Å². The highest BCUT2D eigenvalue weighted by molar-refractivity contribution is 6.42. The monoisotopic (exact) mass is 972 g/mol. The van der Waals surface area contributed by atoms with Crippen LogP contribution in [0.15, 0.2) is 72.8 Å². The zero-order valence-corrected chi connectivity index (χ0v) is 41.3. The zero-order valence-electron chi connectivity index (χ0n) is 37.5. The SMILES string of the molecule is CC(C)(C)OC(=O)NCCOc1ccc2c(c1)C(Cc1ccc(Cl)c(Cl)c1)C(N1CCCC1)CC2.Cl.NCCOc1ccc2c(c1)C(Cc1ccc(Cl)c(Cl)c1)C(N1CCCC1)CC2. The molecule has 0 aromatic heterocycles. The van der Waals surface area contributed by atoms with Crippen molar-refractivity contribution < 1.29 is 19.0 Å². The highest BCUT2D eigenvalue weighted by Crippen LogP contribution is 2.42. The normalized spacial score (nSPS) is 20.9. The summed E-state index contributed by atoms with van der Waals surface area (Å²) < 4.78 is 17.1. The lowest BCUT2D eigenvalue weighted by Crippen LogP contribution is -2.41. The van der Waals surface area contributed by atoms with E-state index in [-0.39, 0.29) is 12.4 Å². The van der Waals surface area contributed by atoms with Crippen molar-refractivity contribution in [1.29, 1.82) is 0 Å². The minimum Gasteiger partial charge on any atom is -0.492 e. The first-order chi connectivity index (χ1) is 30.3. The molecule has 4 aromatic carbocycles. The van der Waals surface area contributed by atoms with Gasteiger partial charge in [0, 0.05) is 30.5 Å². The molecule has 0 saturated carbocycles. The number of aryl methyl sites for hydroxylation is 2. The van der Waals surface area contributed by atoms with E-state index in [0.29, 0.717) is 70.3 Å². The number of nitrogens with zero attached hydrogens (tertiary/aromatic N) is 2. The molecular weight excluding hydrogens is 910 g/mol. The zero-order chi connectivity index (χ0) is 44.5. The van der Waals surface area contributed by atoms with Crippen molar-refractivity contribution in [2.24, 2.45) is 5.73 Å². The Bertz CT molecular complexity index is 2160. The lowest BCUT2D eigenvalue weighted by molar-refractivity contribution is 0.0520. The summed E-state index contributed by atoms with van der Waals surface area (Å²) in [5.74, 6) is 2.54. The van der Waals surface area contributed by atoms with E-state index >= 15 is 0 Å². The summed E-state index contributed by atoms with van der Waals surface area (Å²) in [4.78, 5) is 17.2. The van der Waals surface area contributed by atoms with E-state index in [1.165, 1.54) is 98.1 Å². The smallest absolute Gasteiger partial charge is 0.407 e. The van der Waals surface area contributed by atoms with Gasteiger partial charge >= 0.3 is 6.09 Å². The Morgan fingerprint density at radius 3 is 1.53 bits per heavy atom. The number of halogens is 5. The Kier molecular flexibility index (Phi) is 18.7. The molecule has 2 saturated heterocycles. The van der Waals surface area contributed by atoms with Gasteiger partial charge in [-0.15, -0.1) is 12.4 Å². The van der Waals surface area contributed by atoms with Crippen molar-refractivity contribution in [1.82, 2.24) is 15.1 Å². The van der Waals surface area contributed by atoms with Crippen LogP contribution in [0.4, 0.5) is 4.79 Å². The van der Waals surface area contributed by atoms with Crippen molar-refractivity contribution in [3.63, 3.8) is 0 Å². The molecule has 3 N–H and O–H groups in total. The summed E-state index contributed by atoms with van der Waals surface area (Å²) in [6, 6.07) is 26.1. The fourth-order valence-corrected chi connectivity index (χ4v) is 10.7. The van der Waals surface area contributed by atoms with E-state index in [4.69, 9.17) is 66.3 Å². The lowest BCUT2D eigenvalue weighted by Gasteiger charge is -2.39. The van der Waals surface area contributed by atoms with E-state index in [0.717, 1.165) is 37.2 Å². The van der Waals surface area contributed by atoms with Crippen molar-refractivity contribution in [2.75, 3.05) is 52.5 Å². The number of hydrogen-bond donors (Lipinski definition) is 2. The van der Waals surface area contributed by atoms with Crippen LogP contribution in [0, 0.1) is 0 Å². The summed E-state index contributed by atoms with van der Waals surface area (Å²) in [6.07, 6.45) is 11.2. The lowest BCUT2D eigenvalue weighted by atomic mass is 9.75. The topological polar surface area (TPSA) is 89.3 Å². The molecule has 0 bridgehead atoms. The van der Waals surface area contributed by atoms with Gasteiger partial charge in [0.2, 0.25) is 0 Å². The van der Waals surface area contributed by atoms with Crippen LogP contribution in [0.2, 0.25) is 20.1 Å². The molecule has 0 radical (unpaired) electrons. The maximum absolute atomic E-state index is 11.9. The summed E-state index contributed by atoms with van der Waals surface area (Å²) >= 11 is 25.0. The number of ether oxygens (including phenoxy) is 3. The number of benzene rings is 4. The predicted molar refractivity (Wildman–Crippen MR) is 266 cm³/mol. The second-order valence-corrected chi connectivity index (χ2v) is 20.1. The number of amides is 1. The Labute approximate surface area is 407 Å². The third kappa shape index (κ3) is 13.6. The number of nitrogens with two attached hydrogens (primary N) is 1. The van der Waals surface area contributed by atoms with E-state index in [1.54, 1.807) is 0 Å². The van der Waals surface area contributed by atoms with Crippen LogP contribution in [0.1, 0.15) is 105 Å². The molecule has 1 amide bonds. The van der Waals surface area contributed by atoms with Gasteiger partial charge in [-0.3, -0.25) is 9.80 Å². The van der Waals surface area contributed by atoms with Crippen LogP contribution in [0.3, 0.4) is 0 Å². The fraction of sp³-hybridized carbons (Fsp3) is 0.510. The molecule has 4 aromatic rings. The van der Waals surface area contributed by atoms with Gasteiger partial charge in [0.25, 0.3) is 0 Å². The van der Waals surface area contributed by atoms with Gasteiger partial charge in [-0.25, -0.2) is 4.79 Å². The van der Waals surface area contributed by atoms with E-state index in [1.807, 2.05) is 51.1 Å². The van der Waals surface area contributed by atoms with Crippen molar-refractivity contribution in [2.45, 2.75) is 114 Å². The number of rotatable bonds is 13. The highest BCUT2D eigenvalue weighted by atomic mass is 35.5. The van der Waals surface area contributed by atoms with Crippen LogP contribution in [0.5, 0.6) is 11.5 Å². The minimum absolute atomic E-state index is 0. The number of hydrogen-bond acceptors (Lipinski definition) is 7. The maximum Gasteiger partial charge on any atom is 0.407 e. The average Bonchev–Trinajstić information content (AvgIpc) is 4.01. The molecule has 64 heavy (non-hydrogen) atoms. The van der Waals surface area contributed by atoms with Gasteiger partial charge in [0.1, 0.15) is 30.3 Å². The van der Waals surface area contributed by atoms with Crippen LogP contribution >= 0.6 is 58.8 Å². The molecule has 4 atom stereocenters. The van der Waals surface area contributed by atoms with Gasteiger partial charge in [-0.1, -0.05) is 70.7 Å². The number of alkyl carbamates (subject to hydrolysis) is 1. The first-order valence-corrected chi connectivity index (χ1v) is 24.4. The third-order valence-corrected chi connectivity index (χ3v) is 14.4. The van der Waals surface area contributed by atoms with Crippen LogP contribution in [0.25, 0.3) is 0 Å². The van der Waals surface area contributed by atoms with Gasteiger partial charge in [0.05, 0.1) is 26.6 Å². The minimum atomic E-state index is -0.515. The molecular formula is C51H65Cl5N4O4. The quantitative estimate of drug-likeness (QED) is 0.129. The molecule has 8 rings (SSSR count). The molecule has 2 heterocycles. The molecule has 4 unspecified atom stereocenters. The average molecular weight is 975 g/mol. The van der Waals surface area contributed by atoms with Crippen LogP contribution < -0.4 is 20.5 Å². The number of fused-ring (bicyclic) bond motifs is 2. The number of likely N-dealkylation sites (tertiary alicyclic amines) is 2. The van der Waals surface area contributed by atoms with Crippen LogP contribution in [-0.2, 0) is 30.4 Å².